The Morgan fingerprint density at radius 3 is 2.68 bits per heavy atom. The molecule has 0 aromatic carbocycles. The summed E-state index contributed by atoms with van der Waals surface area (Å²) >= 11 is 11.8. The summed E-state index contributed by atoms with van der Waals surface area (Å²) in [6.07, 6.45) is 3.17. The Kier molecular flexibility index (Phi) is 3.71. The van der Waals surface area contributed by atoms with Gasteiger partial charge in [0.15, 0.2) is 0 Å². The Morgan fingerprint density at radius 1 is 1.53 bits per heavy atom. The average molecular weight is 298 g/mol. The standard InChI is InChI=1S/C13H13Cl2N3O/c1-13(2,7-16)18(8-3-4-8)12(19)9-5-11(15)17-6-10(9)14/h5-6,8H,3-4H2,1-2H3. The lowest BCUT2D eigenvalue weighted by Gasteiger charge is -2.33. The molecule has 1 amide bonds. The summed E-state index contributed by atoms with van der Waals surface area (Å²) in [6.45, 7) is 3.44. The molecule has 0 aliphatic heterocycles. The van der Waals surface area contributed by atoms with Crippen LogP contribution in [0.15, 0.2) is 12.3 Å². The van der Waals surface area contributed by atoms with Crippen LogP contribution in [-0.4, -0.2) is 27.4 Å². The molecule has 0 unspecified atom stereocenters. The molecule has 100 valence electrons. The third-order valence-corrected chi connectivity index (χ3v) is 3.57. The van der Waals surface area contributed by atoms with Crippen LogP contribution < -0.4 is 0 Å². The van der Waals surface area contributed by atoms with Crippen molar-refractivity contribution < 1.29 is 4.79 Å². The second-order valence-electron chi connectivity index (χ2n) is 5.06. The largest absolute Gasteiger partial charge is 0.317 e. The van der Waals surface area contributed by atoms with Gasteiger partial charge < -0.3 is 4.90 Å². The normalized spacial score (nSPS) is 14.9. The number of nitriles is 1. The van der Waals surface area contributed by atoms with Gasteiger partial charge in [-0.2, -0.15) is 5.26 Å². The van der Waals surface area contributed by atoms with Gasteiger partial charge in [-0.3, -0.25) is 4.79 Å². The average Bonchev–Trinajstić information content (AvgIpc) is 3.16. The first-order valence-electron chi connectivity index (χ1n) is 5.93. The molecular formula is C13H13Cl2N3O. The summed E-state index contributed by atoms with van der Waals surface area (Å²) in [5, 5.41) is 9.70. The van der Waals surface area contributed by atoms with Crippen LogP contribution in [0.25, 0.3) is 0 Å². The minimum Gasteiger partial charge on any atom is -0.317 e. The molecule has 1 aromatic rings. The molecule has 6 heteroatoms. The van der Waals surface area contributed by atoms with E-state index in [0.717, 1.165) is 12.8 Å². The minimum atomic E-state index is -0.878. The lowest BCUT2D eigenvalue weighted by molar-refractivity contribution is 0.0615. The molecule has 2 rings (SSSR count). The highest BCUT2D eigenvalue weighted by atomic mass is 35.5. The van der Waals surface area contributed by atoms with Gasteiger partial charge in [-0.25, -0.2) is 4.98 Å². The predicted octanol–water partition coefficient (Wildman–Crippen LogP) is 3.30. The smallest absolute Gasteiger partial charge is 0.257 e. The maximum absolute atomic E-state index is 12.6. The summed E-state index contributed by atoms with van der Waals surface area (Å²) in [7, 11) is 0. The molecule has 0 saturated heterocycles. The molecule has 1 heterocycles. The Hall–Kier alpha value is -1.31. The molecular weight excluding hydrogens is 285 g/mol. The van der Waals surface area contributed by atoms with Crippen LogP contribution in [0.2, 0.25) is 10.2 Å². The number of carbonyl (C=O) groups is 1. The van der Waals surface area contributed by atoms with Gasteiger partial charge in [0.2, 0.25) is 0 Å². The van der Waals surface area contributed by atoms with Gasteiger partial charge in [-0.05, 0) is 32.8 Å². The molecule has 0 atom stereocenters. The lowest BCUT2D eigenvalue weighted by Crippen LogP contribution is -2.48. The van der Waals surface area contributed by atoms with Crippen LogP contribution in [0, 0.1) is 11.3 Å². The molecule has 4 nitrogen and oxygen atoms in total. The van der Waals surface area contributed by atoms with Crippen LogP contribution in [0.5, 0.6) is 0 Å². The number of aromatic nitrogens is 1. The first-order valence-corrected chi connectivity index (χ1v) is 6.68. The molecule has 1 aliphatic rings. The molecule has 1 aliphatic carbocycles. The second kappa shape index (κ2) is 4.99. The summed E-state index contributed by atoms with van der Waals surface area (Å²) < 4.78 is 0. The number of hydrogen-bond acceptors (Lipinski definition) is 3. The van der Waals surface area contributed by atoms with Crippen molar-refractivity contribution in [1.82, 2.24) is 9.88 Å². The monoisotopic (exact) mass is 297 g/mol. The van der Waals surface area contributed by atoms with Crippen molar-refractivity contribution in [2.45, 2.75) is 38.3 Å². The molecule has 1 fully saturated rings. The molecule has 1 aromatic heterocycles. The van der Waals surface area contributed by atoms with E-state index >= 15 is 0 Å². The van der Waals surface area contributed by atoms with Gasteiger partial charge in [0, 0.05) is 12.2 Å². The fraction of sp³-hybridized carbons (Fsp3) is 0.462. The van der Waals surface area contributed by atoms with Crippen molar-refractivity contribution in [3.05, 3.63) is 28.0 Å². The van der Waals surface area contributed by atoms with Crippen molar-refractivity contribution in [3.63, 3.8) is 0 Å². The van der Waals surface area contributed by atoms with Crippen LogP contribution in [0.1, 0.15) is 37.0 Å². The highest BCUT2D eigenvalue weighted by Gasteiger charge is 2.42. The Bertz CT molecular complexity index is 561. The topological polar surface area (TPSA) is 57.0 Å². The molecule has 19 heavy (non-hydrogen) atoms. The first kappa shape index (κ1) is 14.1. The first-order chi connectivity index (χ1) is 8.86. The van der Waals surface area contributed by atoms with Gasteiger partial charge in [0.05, 0.1) is 16.7 Å². The number of carbonyl (C=O) groups excluding carboxylic acids is 1. The number of nitrogens with zero attached hydrogens (tertiary/aromatic N) is 3. The fourth-order valence-corrected chi connectivity index (χ4v) is 2.31. The molecule has 1 saturated carbocycles. The number of rotatable bonds is 3. The van der Waals surface area contributed by atoms with E-state index in [1.165, 1.54) is 12.3 Å². The third kappa shape index (κ3) is 2.83. The molecule has 0 radical (unpaired) electrons. The van der Waals surface area contributed by atoms with E-state index in [4.69, 9.17) is 23.2 Å². The lowest BCUT2D eigenvalue weighted by atomic mass is 10.0. The summed E-state index contributed by atoms with van der Waals surface area (Å²) in [6, 6.07) is 3.70. The van der Waals surface area contributed by atoms with Gasteiger partial charge in [-0.15, -0.1) is 0 Å². The second-order valence-corrected chi connectivity index (χ2v) is 5.86. The quantitative estimate of drug-likeness (QED) is 0.804. The fourth-order valence-electron chi connectivity index (χ4n) is 1.97. The molecule has 0 spiro atoms. The van der Waals surface area contributed by atoms with Crippen LogP contribution >= 0.6 is 23.2 Å². The number of amides is 1. The Balaban J connectivity index is 2.41. The van der Waals surface area contributed by atoms with Gasteiger partial charge in [0.25, 0.3) is 5.91 Å². The third-order valence-electron chi connectivity index (χ3n) is 3.06. The van der Waals surface area contributed by atoms with E-state index in [0.29, 0.717) is 0 Å². The SMILES string of the molecule is CC(C)(C#N)N(C(=O)c1cc(Cl)ncc1Cl)C1CC1. The van der Waals surface area contributed by atoms with Gasteiger partial charge in [-0.1, -0.05) is 23.2 Å². The molecule has 0 N–H and O–H groups in total. The number of pyridine rings is 1. The van der Waals surface area contributed by atoms with Crippen molar-refractivity contribution in [3.8, 4) is 6.07 Å². The predicted molar refractivity (Wildman–Crippen MR) is 73.1 cm³/mol. The van der Waals surface area contributed by atoms with Crippen molar-refractivity contribution in [1.29, 1.82) is 5.26 Å². The van der Waals surface area contributed by atoms with E-state index < -0.39 is 5.54 Å². The highest BCUT2D eigenvalue weighted by Crippen LogP contribution is 2.35. The zero-order chi connectivity index (χ0) is 14.2. The number of hydrogen-bond donors (Lipinski definition) is 0. The number of halogens is 2. The van der Waals surface area contributed by atoms with E-state index in [-0.39, 0.29) is 27.7 Å². The zero-order valence-electron chi connectivity index (χ0n) is 10.7. The zero-order valence-corrected chi connectivity index (χ0v) is 12.2. The van der Waals surface area contributed by atoms with Gasteiger partial charge in [0.1, 0.15) is 10.7 Å². The highest BCUT2D eigenvalue weighted by molar-refractivity contribution is 6.35. The van der Waals surface area contributed by atoms with Crippen molar-refractivity contribution >= 4 is 29.1 Å². The summed E-state index contributed by atoms with van der Waals surface area (Å²) in [5.41, 5.74) is -0.589. The van der Waals surface area contributed by atoms with Crippen molar-refractivity contribution in [2.24, 2.45) is 0 Å². The van der Waals surface area contributed by atoms with E-state index in [2.05, 4.69) is 11.1 Å². The summed E-state index contributed by atoms with van der Waals surface area (Å²) in [5.74, 6) is -0.275. The van der Waals surface area contributed by atoms with E-state index in [9.17, 15) is 10.1 Å². The van der Waals surface area contributed by atoms with Crippen LogP contribution in [0.3, 0.4) is 0 Å². The van der Waals surface area contributed by atoms with E-state index in [1.54, 1.807) is 18.7 Å². The van der Waals surface area contributed by atoms with E-state index in [1.807, 2.05) is 0 Å². The van der Waals surface area contributed by atoms with Crippen LogP contribution in [-0.2, 0) is 0 Å². The maximum atomic E-state index is 12.6. The van der Waals surface area contributed by atoms with Crippen LogP contribution in [0.4, 0.5) is 0 Å². The Labute approximate surface area is 121 Å². The molecule has 0 bridgehead atoms. The minimum absolute atomic E-state index is 0.102. The Morgan fingerprint density at radius 2 is 2.16 bits per heavy atom. The van der Waals surface area contributed by atoms with Crippen molar-refractivity contribution in [2.75, 3.05) is 0 Å². The summed E-state index contributed by atoms with van der Waals surface area (Å²) in [4.78, 5) is 18.0. The maximum Gasteiger partial charge on any atom is 0.257 e. The van der Waals surface area contributed by atoms with Gasteiger partial charge >= 0.3 is 0 Å².